The fraction of sp³-hybridized carbons (Fsp3) is 0.250. The van der Waals surface area contributed by atoms with E-state index in [2.05, 4.69) is 15.9 Å². The zero-order valence-electron chi connectivity index (χ0n) is 8.94. The molecule has 0 amide bonds. The van der Waals surface area contributed by atoms with Crippen LogP contribution in [0.5, 0.6) is 0 Å². The summed E-state index contributed by atoms with van der Waals surface area (Å²) in [6, 6.07) is 7.97. The fourth-order valence-corrected chi connectivity index (χ4v) is 2.22. The van der Waals surface area contributed by atoms with E-state index >= 15 is 0 Å². The summed E-state index contributed by atoms with van der Waals surface area (Å²) in [6.45, 7) is 1.85. The molecule has 0 aliphatic rings. The van der Waals surface area contributed by atoms with Crippen LogP contribution in [-0.4, -0.2) is 16.8 Å². The van der Waals surface area contributed by atoms with Crippen molar-refractivity contribution in [3.05, 3.63) is 40.4 Å². The normalized spacial score (nSPS) is 11.5. The molecule has 0 atom stereocenters. The van der Waals surface area contributed by atoms with Crippen molar-refractivity contribution >= 4 is 33.7 Å². The Balaban J connectivity index is 2.52. The minimum Gasteiger partial charge on any atom is -0.478 e. The highest BCUT2D eigenvalue weighted by molar-refractivity contribution is 9.10. The number of aliphatic carboxylic acids is 1. The number of hydrogen-bond donors (Lipinski definition) is 1. The number of carboxylic acid groups (broad SMARTS) is 1. The van der Waals surface area contributed by atoms with E-state index < -0.39 is 5.97 Å². The first-order valence-electron chi connectivity index (χ1n) is 4.94. The molecule has 0 bridgehead atoms. The predicted molar refractivity (Wildman–Crippen MR) is 70.9 cm³/mol. The molecule has 0 saturated heterocycles. The van der Waals surface area contributed by atoms with Crippen LogP contribution in [0, 0.1) is 0 Å². The molecule has 0 spiro atoms. The van der Waals surface area contributed by atoms with Crippen LogP contribution in [-0.2, 0) is 4.79 Å². The molecule has 86 valence electrons. The highest BCUT2D eigenvalue weighted by atomic mass is 79.9. The van der Waals surface area contributed by atoms with Crippen LogP contribution in [0.2, 0.25) is 0 Å². The van der Waals surface area contributed by atoms with Gasteiger partial charge in [-0.2, -0.15) is 0 Å². The first-order chi connectivity index (χ1) is 7.63. The lowest BCUT2D eigenvalue weighted by molar-refractivity contribution is -0.132. The highest BCUT2D eigenvalue weighted by Crippen LogP contribution is 2.21. The molecule has 4 heteroatoms. The maximum atomic E-state index is 10.7. The Morgan fingerprint density at radius 3 is 2.56 bits per heavy atom. The van der Waals surface area contributed by atoms with E-state index in [-0.39, 0.29) is 0 Å². The second-order valence-corrected chi connectivity index (χ2v) is 5.16. The van der Waals surface area contributed by atoms with Crippen LogP contribution < -0.4 is 0 Å². The Bertz CT molecular complexity index is 385. The van der Waals surface area contributed by atoms with Gasteiger partial charge in [0.2, 0.25) is 0 Å². The maximum Gasteiger partial charge on any atom is 0.331 e. The van der Waals surface area contributed by atoms with Gasteiger partial charge in [-0.05, 0) is 30.7 Å². The molecule has 0 unspecified atom stereocenters. The van der Waals surface area contributed by atoms with Crippen molar-refractivity contribution in [2.75, 3.05) is 5.75 Å². The quantitative estimate of drug-likeness (QED) is 0.660. The van der Waals surface area contributed by atoms with Crippen molar-refractivity contribution in [3.8, 4) is 0 Å². The van der Waals surface area contributed by atoms with Crippen LogP contribution in [0.15, 0.2) is 45.3 Å². The van der Waals surface area contributed by atoms with Gasteiger partial charge in [0.15, 0.2) is 0 Å². The third-order valence-corrected chi connectivity index (χ3v) is 3.52. The predicted octanol–water partition coefficient (Wildman–Crippen LogP) is 3.96. The fourth-order valence-electron chi connectivity index (χ4n) is 1.15. The van der Waals surface area contributed by atoms with E-state index in [1.165, 1.54) is 0 Å². The van der Waals surface area contributed by atoms with Gasteiger partial charge >= 0.3 is 5.97 Å². The second kappa shape index (κ2) is 6.76. The SMILES string of the molecule is CCC(=CCSc1ccc(Br)cc1)C(=O)O. The standard InChI is InChI=1S/C12H13BrO2S/c1-2-9(12(14)15)7-8-16-11-5-3-10(13)4-6-11/h3-7H,2,8H2,1H3,(H,14,15). The Morgan fingerprint density at radius 2 is 2.06 bits per heavy atom. The van der Waals surface area contributed by atoms with Crippen LogP contribution >= 0.6 is 27.7 Å². The molecule has 1 N–H and O–H groups in total. The topological polar surface area (TPSA) is 37.3 Å². The summed E-state index contributed by atoms with van der Waals surface area (Å²) in [4.78, 5) is 11.9. The molecule has 2 nitrogen and oxygen atoms in total. The average molecular weight is 301 g/mol. The van der Waals surface area contributed by atoms with Gasteiger partial charge in [0, 0.05) is 20.7 Å². The van der Waals surface area contributed by atoms with Gasteiger partial charge in [0.25, 0.3) is 0 Å². The van der Waals surface area contributed by atoms with E-state index in [0.29, 0.717) is 17.7 Å². The summed E-state index contributed by atoms with van der Waals surface area (Å²) in [5, 5.41) is 8.82. The third kappa shape index (κ3) is 4.41. The van der Waals surface area contributed by atoms with Crippen LogP contribution in [0.25, 0.3) is 0 Å². The molecule has 1 rings (SSSR count). The Morgan fingerprint density at radius 1 is 1.44 bits per heavy atom. The van der Waals surface area contributed by atoms with Crippen molar-refractivity contribution in [3.63, 3.8) is 0 Å². The number of thioether (sulfide) groups is 1. The van der Waals surface area contributed by atoms with Gasteiger partial charge in [0.05, 0.1) is 0 Å². The number of carboxylic acids is 1. The van der Waals surface area contributed by atoms with Crippen molar-refractivity contribution in [1.29, 1.82) is 0 Å². The van der Waals surface area contributed by atoms with Gasteiger partial charge in [0.1, 0.15) is 0 Å². The average Bonchev–Trinajstić information content (AvgIpc) is 2.26. The van der Waals surface area contributed by atoms with Crippen molar-refractivity contribution in [2.24, 2.45) is 0 Å². The Kier molecular flexibility index (Phi) is 5.63. The smallest absolute Gasteiger partial charge is 0.331 e. The number of carbonyl (C=O) groups is 1. The van der Waals surface area contributed by atoms with E-state index in [4.69, 9.17) is 5.11 Å². The highest BCUT2D eigenvalue weighted by Gasteiger charge is 2.02. The van der Waals surface area contributed by atoms with E-state index in [9.17, 15) is 4.79 Å². The zero-order chi connectivity index (χ0) is 12.0. The minimum atomic E-state index is -0.820. The van der Waals surface area contributed by atoms with Crippen molar-refractivity contribution < 1.29 is 9.90 Å². The second-order valence-electron chi connectivity index (χ2n) is 3.15. The summed E-state index contributed by atoms with van der Waals surface area (Å²) >= 11 is 5.00. The van der Waals surface area contributed by atoms with Gasteiger partial charge in [-0.1, -0.05) is 28.9 Å². The molecule has 16 heavy (non-hydrogen) atoms. The van der Waals surface area contributed by atoms with E-state index in [1.54, 1.807) is 17.8 Å². The first-order valence-corrected chi connectivity index (χ1v) is 6.72. The van der Waals surface area contributed by atoms with Gasteiger partial charge in [-0.3, -0.25) is 0 Å². The summed E-state index contributed by atoms with van der Waals surface area (Å²) in [6.07, 6.45) is 2.34. The zero-order valence-corrected chi connectivity index (χ0v) is 11.3. The van der Waals surface area contributed by atoms with Gasteiger partial charge in [-0.25, -0.2) is 4.79 Å². The third-order valence-electron chi connectivity index (χ3n) is 2.05. The molecule has 0 fully saturated rings. The lowest BCUT2D eigenvalue weighted by Crippen LogP contribution is -1.99. The van der Waals surface area contributed by atoms with Crippen LogP contribution in [0.1, 0.15) is 13.3 Å². The summed E-state index contributed by atoms with van der Waals surface area (Å²) in [5.41, 5.74) is 0.476. The number of benzene rings is 1. The summed E-state index contributed by atoms with van der Waals surface area (Å²) in [7, 11) is 0. The Labute approximate surface area is 108 Å². The van der Waals surface area contributed by atoms with Crippen LogP contribution in [0.4, 0.5) is 0 Å². The maximum absolute atomic E-state index is 10.7. The lowest BCUT2D eigenvalue weighted by Gasteiger charge is -2.00. The largest absolute Gasteiger partial charge is 0.478 e. The molecule has 0 aliphatic carbocycles. The number of halogens is 1. The van der Waals surface area contributed by atoms with Crippen LogP contribution in [0.3, 0.4) is 0 Å². The molecular weight excluding hydrogens is 288 g/mol. The van der Waals surface area contributed by atoms with E-state index in [1.807, 2.05) is 31.2 Å². The molecule has 1 aromatic carbocycles. The number of hydrogen-bond acceptors (Lipinski definition) is 2. The molecule has 0 saturated carbocycles. The van der Waals surface area contributed by atoms with Crippen molar-refractivity contribution in [1.82, 2.24) is 0 Å². The Hall–Kier alpha value is -0.740. The minimum absolute atomic E-state index is 0.476. The molecule has 0 aromatic heterocycles. The molecule has 0 heterocycles. The summed E-state index contributed by atoms with van der Waals surface area (Å²) in [5.74, 6) is -0.129. The lowest BCUT2D eigenvalue weighted by atomic mass is 10.2. The number of rotatable bonds is 5. The van der Waals surface area contributed by atoms with Gasteiger partial charge in [-0.15, -0.1) is 11.8 Å². The molecule has 0 aliphatic heterocycles. The van der Waals surface area contributed by atoms with Crippen molar-refractivity contribution in [2.45, 2.75) is 18.2 Å². The first kappa shape index (κ1) is 13.3. The monoisotopic (exact) mass is 300 g/mol. The van der Waals surface area contributed by atoms with Gasteiger partial charge < -0.3 is 5.11 Å². The molecular formula is C12H13BrO2S. The molecule has 0 radical (unpaired) electrons. The molecule has 1 aromatic rings. The van der Waals surface area contributed by atoms with E-state index in [0.717, 1.165) is 9.37 Å². The summed E-state index contributed by atoms with van der Waals surface area (Å²) < 4.78 is 1.05.